The summed E-state index contributed by atoms with van der Waals surface area (Å²) in [5, 5.41) is 2.52. The highest BCUT2D eigenvalue weighted by Crippen LogP contribution is 2.30. The number of alkyl halides is 3. The van der Waals surface area contributed by atoms with E-state index < -0.39 is 50.1 Å². The van der Waals surface area contributed by atoms with Gasteiger partial charge in [0.25, 0.3) is 5.89 Å². The molecule has 0 saturated heterocycles. The zero-order valence-corrected chi connectivity index (χ0v) is 18.0. The second-order valence-corrected chi connectivity index (χ2v) is 9.47. The Labute approximate surface area is 179 Å². The fourth-order valence-corrected chi connectivity index (χ4v) is 2.80. The summed E-state index contributed by atoms with van der Waals surface area (Å²) in [6.45, 7) is 5.00. The third-order valence-corrected chi connectivity index (χ3v) is 4.48. The summed E-state index contributed by atoms with van der Waals surface area (Å²) >= 11 is 0. The molecule has 2 aromatic heterocycles. The van der Waals surface area contributed by atoms with E-state index in [0.29, 0.717) is 12.3 Å². The molecule has 0 N–H and O–H groups in total. The van der Waals surface area contributed by atoms with Crippen molar-refractivity contribution in [2.45, 2.75) is 37.7 Å². The number of carbonyl (C=O) groups is 1. The van der Waals surface area contributed by atoms with E-state index in [0.717, 1.165) is 0 Å². The summed E-state index contributed by atoms with van der Waals surface area (Å²) in [7, 11) is -4.15. The first-order valence-electron chi connectivity index (χ1n) is 8.86. The van der Waals surface area contributed by atoms with E-state index in [1.807, 2.05) is 0 Å². The van der Waals surface area contributed by atoms with Gasteiger partial charge in [-0.1, -0.05) is 5.16 Å². The molecule has 32 heavy (non-hydrogen) atoms. The van der Waals surface area contributed by atoms with Crippen LogP contribution in [0.5, 0.6) is 0 Å². The Morgan fingerprint density at radius 3 is 2.41 bits per heavy atom. The standard InChI is InChI=1S/C17H17F3N6O5S/c1-16(2,3)30-15(27)26-6-5-9(21-8-26)13-24-12(25-31-13)10-7-11(17(18,19)20)23-14(22-10)32(4,28)29/h5-7H,8H2,1-4H3. The molecule has 2 aromatic rings. The van der Waals surface area contributed by atoms with Gasteiger partial charge in [-0.25, -0.2) is 23.2 Å². The Balaban J connectivity index is 1.87. The van der Waals surface area contributed by atoms with Gasteiger partial charge in [-0.3, -0.25) is 9.89 Å². The van der Waals surface area contributed by atoms with Crippen LogP contribution in [0.15, 0.2) is 33.0 Å². The molecule has 3 rings (SSSR count). The van der Waals surface area contributed by atoms with E-state index in [1.165, 1.54) is 17.2 Å². The molecular weight excluding hydrogens is 457 g/mol. The largest absolute Gasteiger partial charge is 0.443 e. The van der Waals surface area contributed by atoms with Crippen LogP contribution < -0.4 is 0 Å². The van der Waals surface area contributed by atoms with E-state index in [2.05, 4.69) is 25.1 Å². The number of allylic oxidation sites excluding steroid dienone is 1. The zero-order valence-electron chi connectivity index (χ0n) is 17.2. The normalized spacial score (nSPS) is 15.0. The molecule has 11 nitrogen and oxygen atoms in total. The lowest BCUT2D eigenvalue weighted by Crippen LogP contribution is -2.35. The minimum Gasteiger partial charge on any atom is -0.443 e. The van der Waals surface area contributed by atoms with Crippen LogP contribution in [-0.4, -0.2) is 63.8 Å². The molecule has 1 amide bonds. The van der Waals surface area contributed by atoms with Crippen LogP contribution in [0.4, 0.5) is 18.0 Å². The Morgan fingerprint density at radius 2 is 1.88 bits per heavy atom. The fourth-order valence-electron chi connectivity index (χ4n) is 2.27. The van der Waals surface area contributed by atoms with Crippen molar-refractivity contribution < 1.29 is 35.6 Å². The van der Waals surface area contributed by atoms with Crippen molar-refractivity contribution in [3.05, 3.63) is 29.9 Å². The molecule has 15 heteroatoms. The van der Waals surface area contributed by atoms with E-state index in [9.17, 15) is 26.4 Å². The third kappa shape index (κ3) is 5.46. The van der Waals surface area contributed by atoms with Gasteiger partial charge < -0.3 is 9.26 Å². The number of halogens is 3. The van der Waals surface area contributed by atoms with E-state index in [-0.39, 0.29) is 18.3 Å². The Bertz CT molecular complexity index is 1210. The topological polar surface area (TPSA) is 141 Å². The molecule has 0 aliphatic carbocycles. The molecule has 1 aliphatic heterocycles. The van der Waals surface area contributed by atoms with Gasteiger partial charge in [-0.05, 0) is 32.9 Å². The molecule has 0 fully saturated rings. The SMILES string of the molecule is CC(C)(C)OC(=O)N1C=CC(c2nc(-c3cc(C(F)(F)F)nc(S(C)(=O)=O)n3)no2)=NC1. The van der Waals surface area contributed by atoms with Gasteiger partial charge in [0.05, 0.1) is 0 Å². The van der Waals surface area contributed by atoms with Crippen LogP contribution in [0.1, 0.15) is 32.4 Å². The average Bonchev–Trinajstić information content (AvgIpc) is 3.15. The van der Waals surface area contributed by atoms with Crippen LogP contribution in [0.2, 0.25) is 0 Å². The van der Waals surface area contributed by atoms with Crippen molar-refractivity contribution >= 4 is 21.6 Å². The molecule has 3 heterocycles. The maximum absolute atomic E-state index is 13.1. The summed E-state index contributed by atoms with van der Waals surface area (Å²) in [5.74, 6) is -0.573. The van der Waals surface area contributed by atoms with E-state index in [1.54, 1.807) is 20.8 Å². The van der Waals surface area contributed by atoms with E-state index in [4.69, 9.17) is 9.26 Å². The number of rotatable bonds is 3. The van der Waals surface area contributed by atoms with Crippen LogP contribution in [-0.2, 0) is 20.8 Å². The Kier molecular flexibility index (Phi) is 5.80. The molecular formula is C17H17F3N6O5S. The summed E-state index contributed by atoms with van der Waals surface area (Å²) in [6, 6.07) is 0.506. The van der Waals surface area contributed by atoms with Crippen molar-refractivity contribution in [3.63, 3.8) is 0 Å². The minimum absolute atomic E-state index is 0.123. The molecule has 0 saturated carbocycles. The first kappa shape index (κ1) is 23.3. The molecule has 0 spiro atoms. The number of nitrogens with zero attached hydrogens (tertiary/aromatic N) is 6. The number of hydrogen-bond acceptors (Lipinski definition) is 10. The molecule has 1 aliphatic rings. The minimum atomic E-state index is -4.93. The maximum atomic E-state index is 13.1. The second kappa shape index (κ2) is 7.96. The molecule has 0 bridgehead atoms. The van der Waals surface area contributed by atoms with Gasteiger partial charge in [0.1, 0.15) is 29.4 Å². The number of amides is 1. The fraction of sp³-hybridized carbons (Fsp3) is 0.412. The Morgan fingerprint density at radius 1 is 1.19 bits per heavy atom. The third-order valence-electron chi connectivity index (χ3n) is 3.64. The van der Waals surface area contributed by atoms with Crippen molar-refractivity contribution in [1.82, 2.24) is 25.0 Å². The quantitative estimate of drug-likeness (QED) is 0.613. The number of aromatic nitrogens is 4. The molecule has 0 radical (unpaired) electrons. The van der Waals surface area contributed by atoms with Gasteiger partial charge in [0.15, 0.2) is 0 Å². The van der Waals surface area contributed by atoms with Gasteiger partial charge >= 0.3 is 12.3 Å². The summed E-state index contributed by atoms with van der Waals surface area (Å²) < 4.78 is 73.0. The lowest BCUT2D eigenvalue weighted by Gasteiger charge is -2.25. The molecule has 0 unspecified atom stereocenters. The van der Waals surface area contributed by atoms with Crippen LogP contribution in [0.25, 0.3) is 11.5 Å². The van der Waals surface area contributed by atoms with Crippen LogP contribution >= 0.6 is 0 Å². The number of carbonyl (C=O) groups excluding carboxylic acids is 1. The highest BCUT2D eigenvalue weighted by molar-refractivity contribution is 7.90. The smallest absolute Gasteiger partial charge is 0.433 e. The highest BCUT2D eigenvalue weighted by atomic mass is 32.2. The lowest BCUT2D eigenvalue weighted by atomic mass is 10.2. The lowest BCUT2D eigenvalue weighted by molar-refractivity contribution is -0.141. The van der Waals surface area contributed by atoms with Crippen LogP contribution in [0, 0.1) is 0 Å². The number of ether oxygens (including phenoxy) is 1. The average molecular weight is 474 g/mol. The summed E-state index contributed by atoms with van der Waals surface area (Å²) in [6.07, 6.45) is -2.14. The number of hydrogen-bond donors (Lipinski definition) is 0. The van der Waals surface area contributed by atoms with Crippen LogP contribution in [0.3, 0.4) is 0 Å². The molecule has 0 aromatic carbocycles. The van der Waals surface area contributed by atoms with E-state index >= 15 is 0 Å². The van der Waals surface area contributed by atoms with Crippen molar-refractivity contribution in [2.24, 2.45) is 4.99 Å². The highest BCUT2D eigenvalue weighted by Gasteiger charge is 2.35. The summed E-state index contributed by atoms with van der Waals surface area (Å²) in [5.41, 5.74) is -2.53. The van der Waals surface area contributed by atoms with Crippen molar-refractivity contribution in [2.75, 3.05) is 12.9 Å². The zero-order chi connectivity index (χ0) is 23.9. The van der Waals surface area contributed by atoms with Crippen molar-refractivity contribution in [1.29, 1.82) is 0 Å². The van der Waals surface area contributed by atoms with Crippen molar-refractivity contribution in [3.8, 4) is 11.5 Å². The predicted molar refractivity (Wildman–Crippen MR) is 102 cm³/mol. The first-order valence-corrected chi connectivity index (χ1v) is 10.8. The second-order valence-electron chi connectivity index (χ2n) is 7.56. The van der Waals surface area contributed by atoms with Gasteiger partial charge in [0, 0.05) is 12.5 Å². The van der Waals surface area contributed by atoms with Gasteiger partial charge in [-0.15, -0.1) is 0 Å². The molecule has 172 valence electrons. The maximum Gasteiger partial charge on any atom is 0.433 e. The number of aliphatic imine (C=N–C) groups is 1. The monoisotopic (exact) mass is 474 g/mol. The molecule has 0 atom stereocenters. The number of sulfone groups is 1. The van der Waals surface area contributed by atoms with Gasteiger partial charge in [0.2, 0.25) is 20.8 Å². The summed E-state index contributed by atoms with van der Waals surface area (Å²) in [4.78, 5) is 27.9. The van der Waals surface area contributed by atoms with Gasteiger partial charge in [-0.2, -0.15) is 18.2 Å². The Hall–Kier alpha value is -3.36. The predicted octanol–water partition coefficient (Wildman–Crippen LogP) is 2.46. The first-order chi connectivity index (χ1) is 14.6.